The van der Waals surface area contributed by atoms with E-state index in [0.717, 1.165) is 25.7 Å². The quantitative estimate of drug-likeness (QED) is 0.141. The number of hydrogen-bond acceptors (Lipinski definition) is 6. The van der Waals surface area contributed by atoms with Gasteiger partial charge in [-0.2, -0.15) is 0 Å². The van der Waals surface area contributed by atoms with Crippen molar-refractivity contribution in [1.29, 1.82) is 0 Å². The second-order valence-corrected chi connectivity index (χ2v) is 11.1. The molecule has 0 bridgehead atoms. The molecular formula is C28H31N3O5S2. The Labute approximate surface area is 228 Å². The van der Waals surface area contributed by atoms with Crippen molar-refractivity contribution in [3.63, 3.8) is 0 Å². The van der Waals surface area contributed by atoms with Gasteiger partial charge in [0.25, 0.3) is 0 Å². The van der Waals surface area contributed by atoms with Crippen LogP contribution < -0.4 is 24.8 Å². The molecule has 0 radical (unpaired) electrons. The van der Waals surface area contributed by atoms with Crippen LogP contribution in [-0.4, -0.2) is 38.7 Å². The van der Waals surface area contributed by atoms with Gasteiger partial charge in [-0.05, 0) is 85.7 Å². The highest BCUT2D eigenvalue weighted by Gasteiger charge is 2.21. The minimum atomic E-state index is -3.54. The summed E-state index contributed by atoms with van der Waals surface area (Å²) < 4.78 is 39.2. The van der Waals surface area contributed by atoms with Crippen molar-refractivity contribution in [1.82, 2.24) is 10.0 Å². The Kier molecular flexibility index (Phi) is 9.69. The van der Waals surface area contributed by atoms with E-state index < -0.39 is 16.0 Å². The number of sulfonamides is 1. The number of thiocarbonyl (C=S) groups is 1. The fourth-order valence-corrected chi connectivity index (χ4v) is 5.60. The first kappa shape index (κ1) is 27.6. The molecule has 0 heterocycles. The van der Waals surface area contributed by atoms with E-state index in [9.17, 15) is 13.2 Å². The molecule has 0 spiro atoms. The third kappa shape index (κ3) is 8.27. The van der Waals surface area contributed by atoms with Crippen LogP contribution in [0.1, 0.15) is 42.5 Å². The van der Waals surface area contributed by atoms with Gasteiger partial charge >= 0.3 is 5.97 Å². The van der Waals surface area contributed by atoms with Crippen LogP contribution in [0.15, 0.2) is 83.8 Å². The SMILES string of the molecule is O=C(Oc1ccc(OCCNC(=S)Nc2ccc(S(=O)(=O)NC3CCCCC3)cc2)cc1)c1ccccc1. The zero-order valence-electron chi connectivity index (χ0n) is 20.9. The summed E-state index contributed by atoms with van der Waals surface area (Å²) in [5.41, 5.74) is 1.16. The van der Waals surface area contributed by atoms with Crippen molar-refractivity contribution in [2.45, 2.75) is 43.0 Å². The lowest BCUT2D eigenvalue weighted by Gasteiger charge is -2.22. The van der Waals surface area contributed by atoms with Crippen LogP contribution in [0.4, 0.5) is 5.69 Å². The van der Waals surface area contributed by atoms with Crippen molar-refractivity contribution in [3.05, 3.63) is 84.4 Å². The molecule has 0 saturated heterocycles. The molecule has 3 N–H and O–H groups in total. The summed E-state index contributed by atoms with van der Waals surface area (Å²) in [5, 5.41) is 6.49. The van der Waals surface area contributed by atoms with Gasteiger partial charge in [-0.15, -0.1) is 0 Å². The van der Waals surface area contributed by atoms with E-state index in [1.54, 1.807) is 72.8 Å². The minimum absolute atomic E-state index is 0.0145. The zero-order valence-corrected chi connectivity index (χ0v) is 22.5. The number of hydrogen-bond donors (Lipinski definition) is 3. The van der Waals surface area contributed by atoms with Crippen molar-refractivity contribution in [3.8, 4) is 11.5 Å². The fraction of sp³-hybridized carbons (Fsp3) is 0.286. The summed E-state index contributed by atoms with van der Waals surface area (Å²) in [7, 11) is -3.54. The van der Waals surface area contributed by atoms with E-state index in [2.05, 4.69) is 15.4 Å². The van der Waals surface area contributed by atoms with Gasteiger partial charge in [-0.25, -0.2) is 17.9 Å². The van der Waals surface area contributed by atoms with Crippen LogP contribution in [-0.2, 0) is 10.0 Å². The molecule has 1 saturated carbocycles. The highest BCUT2D eigenvalue weighted by Crippen LogP contribution is 2.21. The normalized spacial score (nSPS) is 13.9. The van der Waals surface area contributed by atoms with Crippen molar-refractivity contribution in [2.24, 2.45) is 0 Å². The monoisotopic (exact) mass is 553 g/mol. The molecule has 10 heteroatoms. The van der Waals surface area contributed by atoms with Gasteiger partial charge in [0.15, 0.2) is 5.11 Å². The molecule has 0 amide bonds. The molecular weight excluding hydrogens is 522 g/mol. The van der Waals surface area contributed by atoms with Gasteiger partial charge in [-0.3, -0.25) is 0 Å². The summed E-state index contributed by atoms with van der Waals surface area (Å²) in [4.78, 5) is 12.4. The predicted molar refractivity (Wildman–Crippen MR) is 151 cm³/mol. The van der Waals surface area contributed by atoms with Crippen LogP contribution in [0.25, 0.3) is 0 Å². The van der Waals surface area contributed by atoms with E-state index in [0.29, 0.717) is 41.0 Å². The van der Waals surface area contributed by atoms with Crippen LogP contribution in [0.2, 0.25) is 0 Å². The summed E-state index contributed by atoms with van der Waals surface area (Å²) in [6.45, 7) is 0.809. The maximum Gasteiger partial charge on any atom is 0.343 e. The van der Waals surface area contributed by atoms with E-state index in [-0.39, 0.29) is 10.9 Å². The number of anilines is 1. The molecule has 200 valence electrons. The number of ether oxygens (including phenoxy) is 2. The van der Waals surface area contributed by atoms with E-state index in [1.165, 1.54) is 6.42 Å². The maximum absolute atomic E-state index is 12.6. The molecule has 0 aliphatic heterocycles. The standard InChI is InChI=1S/C28H31N3O5S2/c32-27(21-7-3-1-4-8-21)36-25-15-13-24(14-16-25)35-20-19-29-28(37)30-22-11-17-26(18-12-22)38(33,34)31-23-9-5-2-6-10-23/h1,3-4,7-8,11-18,23,31H,2,5-6,9-10,19-20H2,(H2,29,30,37). The number of rotatable bonds is 10. The smallest absolute Gasteiger partial charge is 0.343 e. The lowest BCUT2D eigenvalue weighted by Crippen LogP contribution is -2.36. The van der Waals surface area contributed by atoms with Gasteiger partial charge in [0.2, 0.25) is 10.0 Å². The van der Waals surface area contributed by atoms with Crippen molar-refractivity contribution in [2.75, 3.05) is 18.5 Å². The zero-order chi connectivity index (χ0) is 26.8. The second kappa shape index (κ2) is 13.4. The Morgan fingerprint density at radius 2 is 1.53 bits per heavy atom. The van der Waals surface area contributed by atoms with Gasteiger partial charge in [0, 0.05) is 11.7 Å². The van der Waals surface area contributed by atoms with Crippen LogP contribution in [0, 0.1) is 0 Å². The van der Waals surface area contributed by atoms with Crippen LogP contribution >= 0.6 is 12.2 Å². The van der Waals surface area contributed by atoms with Gasteiger partial charge < -0.3 is 20.1 Å². The lowest BCUT2D eigenvalue weighted by molar-refractivity contribution is 0.0734. The van der Waals surface area contributed by atoms with Crippen LogP contribution in [0.5, 0.6) is 11.5 Å². The van der Waals surface area contributed by atoms with E-state index in [1.807, 2.05) is 6.07 Å². The number of carbonyl (C=O) groups excluding carboxylic acids is 1. The first-order chi connectivity index (χ1) is 18.4. The highest BCUT2D eigenvalue weighted by molar-refractivity contribution is 7.89. The maximum atomic E-state index is 12.6. The molecule has 4 rings (SSSR count). The number of benzene rings is 3. The summed E-state index contributed by atoms with van der Waals surface area (Å²) in [5.74, 6) is 0.638. The molecule has 0 aromatic heterocycles. The van der Waals surface area contributed by atoms with E-state index in [4.69, 9.17) is 21.7 Å². The first-order valence-corrected chi connectivity index (χ1v) is 14.5. The Hall–Kier alpha value is -3.47. The molecule has 0 unspecified atom stereocenters. The first-order valence-electron chi connectivity index (χ1n) is 12.6. The second-order valence-electron chi connectivity index (χ2n) is 8.94. The largest absolute Gasteiger partial charge is 0.492 e. The molecule has 3 aromatic carbocycles. The lowest BCUT2D eigenvalue weighted by atomic mass is 9.96. The topological polar surface area (TPSA) is 106 Å². The molecule has 1 aliphatic carbocycles. The van der Waals surface area contributed by atoms with Gasteiger partial charge in [0.1, 0.15) is 18.1 Å². The Bertz CT molecular complexity index is 1310. The van der Waals surface area contributed by atoms with Crippen LogP contribution in [0.3, 0.4) is 0 Å². The van der Waals surface area contributed by atoms with Crippen molar-refractivity contribution < 1.29 is 22.7 Å². The molecule has 3 aromatic rings. The number of esters is 1. The molecule has 0 atom stereocenters. The Balaban J connectivity index is 1.16. The molecule has 38 heavy (non-hydrogen) atoms. The van der Waals surface area contributed by atoms with Gasteiger partial charge in [-0.1, -0.05) is 37.5 Å². The average molecular weight is 554 g/mol. The van der Waals surface area contributed by atoms with Crippen molar-refractivity contribution >= 4 is 39.0 Å². The average Bonchev–Trinajstić information content (AvgIpc) is 2.93. The fourth-order valence-electron chi connectivity index (χ4n) is 4.08. The predicted octanol–water partition coefficient (Wildman–Crippen LogP) is 4.88. The Morgan fingerprint density at radius 1 is 0.868 bits per heavy atom. The Morgan fingerprint density at radius 3 is 2.21 bits per heavy atom. The van der Waals surface area contributed by atoms with E-state index >= 15 is 0 Å². The summed E-state index contributed by atoms with van der Waals surface area (Å²) >= 11 is 5.32. The number of carbonyl (C=O) groups is 1. The molecule has 8 nitrogen and oxygen atoms in total. The highest BCUT2D eigenvalue weighted by atomic mass is 32.2. The number of nitrogens with one attached hydrogen (secondary N) is 3. The van der Waals surface area contributed by atoms with Gasteiger partial charge in [0.05, 0.1) is 17.0 Å². The molecule has 1 fully saturated rings. The summed E-state index contributed by atoms with van der Waals surface area (Å²) in [6.07, 6.45) is 5.06. The third-order valence-corrected chi connectivity index (χ3v) is 7.83. The third-order valence-electron chi connectivity index (χ3n) is 6.05. The molecule has 1 aliphatic rings. The summed E-state index contributed by atoms with van der Waals surface area (Å²) in [6, 6.07) is 22.1. The minimum Gasteiger partial charge on any atom is -0.492 e.